The van der Waals surface area contributed by atoms with Gasteiger partial charge in [0.25, 0.3) is 5.56 Å². The lowest BCUT2D eigenvalue weighted by molar-refractivity contribution is 0.0529. The number of allylic oxidation sites excluding steroid dienone is 1. The van der Waals surface area contributed by atoms with Gasteiger partial charge in [-0.1, -0.05) is 6.08 Å². The van der Waals surface area contributed by atoms with Crippen LogP contribution in [0.25, 0.3) is 10.2 Å². The molecule has 0 aliphatic carbocycles. The number of hydrogen-bond donors (Lipinski definition) is 0. The quantitative estimate of drug-likeness (QED) is 0.624. The van der Waals surface area contributed by atoms with E-state index in [1.807, 2.05) is 0 Å². The van der Waals surface area contributed by atoms with Gasteiger partial charge in [0.1, 0.15) is 4.83 Å². The number of aromatic nitrogens is 2. The minimum absolute atomic E-state index is 0.246. The lowest BCUT2D eigenvalue weighted by Crippen LogP contribution is -2.21. The van der Waals surface area contributed by atoms with Crippen LogP contribution in [0.3, 0.4) is 0 Å². The van der Waals surface area contributed by atoms with Crippen molar-refractivity contribution in [3.63, 3.8) is 0 Å². The van der Waals surface area contributed by atoms with Crippen LogP contribution in [0.5, 0.6) is 0 Å². The zero-order valence-electron chi connectivity index (χ0n) is 9.88. The van der Waals surface area contributed by atoms with E-state index in [2.05, 4.69) is 11.6 Å². The molecule has 2 aromatic rings. The van der Waals surface area contributed by atoms with E-state index in [1.165, 1.54) is 22.2 Å². The summed E-state index contributed by atoms with van der Waals surface area (Å²) < 4.78 is 6.33. The van der Waals surface area contributed by atoms with Crippen LogP contribution in [0.2, 0.25) is 0 Å². The molecule has 94 valence electrons. The Labute approximate surface area is 107 Å². The molecule has 0 aromatic carbocycles. The average molecular weight is 264 g/mol. The van der Waals surface area contributed by atoms with Crippen molar-refractivity contribution in [3.05, 3.63) is 40.3 Å². The van der Waals surface area contributed by atoms with Gasteiger partial charge in [-0.15, -0.1) is 17.9 Å². The Morgan fingerprint density at radius 1 is 1.67 bits per heavy atom. The second kappa shape index (κ2) is 5.14. The molecule has 18 heavy (non-hydrogen) atoms. The van der Waals surface area contributed by atoms with Crippen molar-refractivity contribution in [1.29, 1.82) is 0 Å². The number of carbonyl (C=O) groups excluding carboxylic acids is 1. The predicted octanol–water partition coefficient (Wildman–Crippen LogP) is 1.82. The molecule has 0 atom stereocenters. The van der Waals surface area contributed by atoms with Crippen LogP contribution in [0.4, 0.5) is 0 Å². The number of rotatable bonds is 4. The molecule has 2 aromatic heterocycles. The van der Waals surface area contributed by atoms with Crippen molar-refractivity contribution < 1.29 is 9.53 Å². The molecular weight excluding hydrogens is 252 g/mol. The van der Waals surface area contributed by atoms with Crippen molar-refractivity contribution in [2.45, 2.75) is 13.5 Å². The Morgan fingerprint density at radius 3 is 3.11 bits per heavy atom. The van der Waals surface area contributed by atoms with E-state index in [4.69, 9.17) is 4.74 Å². The first kappa shape index (κ1) is 12.5. The number of esters is 1. The van der Waals surface area contributed by atoms with Crippen molar-refractivity contribution in [1.82, 2.24) is 9.55 Å². The molecule has 2 heterocycles. The fourth-order valence-corrected chi connectivity index (χ4v) is 2.46. The minimum atomic E-state index is -0.487. The normalized spacial score (nSPS) is 10.5. The van der Waals surface area contributed by atoms with E-state index in [0.29, 0.717) is 16.8 Å². The molecule has 0 spiro atoms. The first-order valence-electron chi connectivity index (χ1n) is 5.43. The first-order valence-corrected chi connectivity index (χ1v) is 6.31. The predicted molar refractivity (Wildman–Crippen MR) is 70.0 cm³/mol. The average Bonchev–Trinajstić information content (AvgIpc) is 2.78. The maximum Gasteiger partial charge on any atom is 0.339 e. The van der Waals surface area contributed by atoms with Crippen molar-refractivity contribution >= 4 is 27.5 Å². The Hall–Kier alpha value is -1.95. The summed E-state index contributed by atoms with van der Waals surface area (Å²) in [5.74, 6) is -0.487. The molecule has 0 N–H and O–H groups in total. The third-order valence-corrected chi connectivity index (χ3v) is 3.27. The fraction of sp³-hybridized carbons (Fsp3) is 0.250. The summed E-state index contributed by atoms with van der Waals surface area (Å²) in [6, 6.07) is 0. The van der Waals surface area contributed by atoms with Gasteiger partial charge in [-0.25, -0.2) is 9.78 Å². The molecule has 6 heteroatoms. The fourth-order valence-electron chi connectivity index (χ4n) is 1.60. The third-order valence-electron chi connectivity index (χ3n) is 2.38. The summed E-state index contributed by atoms with van der Waals surface area (Å²) in [6.07, 6.45) is 3.06. The summed E-state index contributed by atoms with van der Waals surface area (Å²) in [5, 5.41) is 1.93. The Morgan fingerprint density at radius 2 is 2.44 bits per heavy atom. The van der Waals surface area contributed by atoms with Crippen LogP contribution in [0.1, 0.15) is 17.3 Å². The summed E-state index contributed by atoms with van der Waals surface area (Å²) in [5.41, 5.74) is 0.0389. The molecule has 5 nitrogen and oxygen atoms in total. The number of thiophene rings is 1. The maximum atomic E-state index is 12.2. The van der Waals surface area contributed by atoms with Gasteiger partial charge in [-0.05, 0) is 6.92 Å². The summed E-state index contributed by atoms with van der Waals surface area (Å²) in [4.78, 5) is 28.6. The Bertz CT molecular complexity index is 657. The molecule has 2 rings (SSSR count). The number of nitrogens with zero attached hydrogens (tertiary/aromatic N) is 2. The van der Waals surface area contributed by atoms with Crippen LogP contribution in [0.15, 0.2) is 29.2 Å². The number of ether oxygens (including phenoxy) is 1. The number of hydrogen-bond acceptors (Lipinski definition) is 5. The van der Waals surface area contributed by atoms with Crippen molar-refractivity contribution in [2.24, 2.45) is 0 Å². The van der Waals surface area contributed by atoms with Gasteiger partial charge in [0.05, 0.1) is 23.9 Å². The molecule has 0 radical (unpaired) electrons. The van der Waals surface area contributed by atoms with Gasteiger partial charge in [0, 0.05) is 11.9 Å². The molecule has 0 fully saturated rings. The van der Waals surface area contributed by atoms with Crippen LogP contribution in [0, 0.1) is 0 Å². The van der Waals surface area contributed by atoms with Crippen LogP contribution < -0.4 is 5.56 Å². The van der Waals surface area contributed by atoms with E-state index in [0.717, 1.165) is 0 Å². The molecule has 0 aliphatic heterocycles. The highest BCUT2D eigenvalue weighted by Gasteiger charge is 2.17. The van der Waals surface area contributed by atoms with Gasteiger partial charge in [-0.2, -0.15) is 0 Å². The second-order valence-corrected chi connectivity index (χ2v) is 4.40. The standard InChI is InChI=1S/C12H12N2O3S/c1-3-5-14-7-13-10-9(11(14)15)8(6-18-10)12(16)17-4-2/h3,6-7H,1,4-5H2,2H3. The highest BCUT2D eigenvalue weighted by molar-refractivity contribution is 7.17. The lowest BCUT2D eigenvalue weighted by Gasteiger charge is -2.02. The van der Waals surface area contributed by atoms with Crippen LogP contribution in [-0.4, -0.2) is 22.1 Å². The van der Waals surface area contributed by atoms with Gasteiger partial charge >= 0.3 is 5.97 Å². The van der Waals surface area contributed by atoms with E-state index in [-0.39, 0.29) is 17.7 Å². The summed E-state index contributed by atoms with van der Waals surface area (Å²) in [7, 11) is 0. The van der Waals surface area contributed by atoms with Gasteiger partial charge in [-0.3, -0.25) is 9.36 Å². The smallest absolute Gasteiger partial charge is 0.339 e. The van der Waals surface area contributed by atoms with E-state index in [1.54, 1.807) is 18.4 Å². The number of fused-ring (bicyclic) bond motifs is 1. The second-order valence-electron chi connectivity index (χ2n) is 3.54. The lowest BCUT2D eigenvalue weighted by atomic mass is 10.2. The Balaban J connectivity index is 2.63. The van der Waals surface area contributed by atoms with Gasteiger partial charge in [0.15, 0.2) is 0 Å². The third kappa shape index (κ3) is 2.06. The van der Waals surface area contributed by atoms with Crippen molar-refractivity contribution in [2.75, 3.05) is 6.61 Å². The van der Waals surface area contributed by atoms with E-state index in [9.17, 15) is 9.59 Å². The highest BCUT2D eigenvalue weighted by atomic mass is 32.1. The molecule has 0 aliphatic rings. The first-order chi connectivity index (χ1) is 8.69. The number of carbonyl (C=O) groups is 1. The van der Waals surface area contributed by atoms with E-state index < -0.39 is 5.97 Å². The zero-order chi connectivity index (χ0) is 13.1. The summed E-state index contributed by atoms with van der Waals surface area (Å²) >= 11 is 1.26. The molecule has 0 unspecified atom stereocenters. The Kier molecular flexibility index (Phi) is 3.57. The molecule has 0 saturated heterocycles. The van der Waals surface area contributed by atoms with Gasteiger partial charge < -0.3 is 4.74 Å². The summed E-state index contributed by atoms with van der Waals surface area (Å²) in [6.45, 7) is 5.93. The van der Waals surface area contributed by atoms with Crippen LogP contribution in [-0.2, 0) is 11.3 Å². The monoisotopic (exact) mass is 264 g/mol. The highest BCUT2D eigenvalue weighted by Crippen LogP contribution is 2.21. The van der Waals surface area contributed by atoms with Crippen molar-refractivity contribution in [3.8, 4) is 0 Å². The largest absolute Gasteiger partial charge is 0.462 e. The van der Waals surface area contributed by atoms with Gasteiger partial charge in [0.2, 0.25) is 0 Å². The molecule has 0 saturated carbocycles. The minimum Gasteiger partial charge on any atom is -0.462 e. The zero-order valence-corrected chi connectivity index (χ0v) is 10.7. The SMILES string of the molecule is C=CCn1cnc2scc(C(=O)OCC)c2c1=O. The topological polar surface area (TPSA) is 61.2 Å². The van der Waals surface area contributed by atoms with E-state index >= 15 is 0 Å². The molecular formula is C12H12N2O3S. The molecule has 0 bridgehead atoms. The van der Waals surface area contributed by atoms with Crippen LogP contribution >= 0.6 is 11.3 Å². The maximum absolute atomic E-state index is 12.2. The molecule has 0 amide bonds.